The highest BCUT2D eigenvalue weighted by molar-refractivity contribution is 5.69. The van der Waals surface area contributed by atoms with Gasteiger partial charge in [-0.3, -0.25) is 4.79 Å². The Balaban J connectivity index is 1.99. The Labute approximate surface area is 93.3 Å². The molecule has 1 aromatic rings. The molecule has 1 fully saturated rings. The fourth-order valence-electron chi connectivity index (χ4n) is 1.67. The van der Waals surface area contributed by atoms with Crippen molar-refractivity contribution in [3.8, 4) is 0 Å². The molecule has 5 nitrogen and oxygen atoms in total. The molecule has 1 aliphatic rings. The van der Waals surface area contributed by atoms with E-state index in [0.717, 1.165) is 0 Å². The second kappa shape index (κ2) is 4.27. The summed E-state index contributed by atoms with van der Waals surface area (Å²) in [6.07, 6.45) is 1.45. The number of esters is 1. The SMILES string of the molecule is COC(=O)CC1COC(C)(c2ccco2)O1. The molecular formula is C11H14O5. The van der Waals surface area contributed by atoms with E-state index in [1.807, 2.05) is 0 Å². The summed E-state index contributed by atoms with van der Waals surface area (Å²) in [5.41, 5.74) is 0. The van der Waals surface area contributed by atoms with Crippen LogP contribution >= 0.6 is 0 Å². The Morgan fingerprint density at radius 2 is 2.50 bits per heavy atom. The zero-order chi connectivity index (χ0) is 11.6. The summed E-state index contributed by atoms with van der Waals surface area (Å²) in [5, 5.41) is 0. The first-order valence-electron chi connectivity index (χ1n) is 5.06. The summed E-state index contributed by atoms with van der Waals surface area (Å²) in [6, 6.07) is 3.54. The van der Waals surface area contributed by atoms with E-state index >= 15 is 0 Å². The maximum Gasteiger partial charge on any atom is 0.308 e. The van der Waals surface area contributed by atoms with Crippen LogP contribution in [0.3, 0.4) is 0 Å². The van der Waals surface area contributed by atoms with E-state index in [1.54, 1.807) is 25.3 Å². The largest absolute Gasteiger partial charge is 0.469 e. The van der Waals surface area contributed by atoms with Crippen molar-refractivity contribution in [3.63, 3.8) is 0 Å². The van der Waals surface area contributed by atoms with Crippen molar-refractivity contribution >= 4 is 5.97 Å². The average molecular weight is 226 g/mol. The Bertz CT molecular complexity index is 358. The molecule has 2 atom stereocenters. The van der Waals surface area contributed by atoms with Gasteiger partial charge in [0.2, 0.25) is 5.79 Å². The molecule has 0 saturated carbocycles. The molecule has 0 N–H and O–H groups in total. The topological polar surface area (TPSA) is 57.9 Å². The summed E-state index contributed by atoms with van der Waals surface area (Å²) in [5.74, 6) is -0.612. The number of furan rings is 1. The number of hydrogen-bond acceptors (Lipinski definition) is 5. The van der Waals surface area contributed by atoms with E-state index in [4.69, 9.17) is 13.9 Å². The lowest BCUT2D eigenvalue weighted by Crippen LogP contribution is -2.24. The highest BCUT2D eigenvalue weighted by Gasteiger charge is 2.41. The van der Waals surface area contributed by atoms with Crippen LogP contribution in [-0.4, -0.2) is 25.8 Å². The predicted octanol–water partition coefficient (Wildman–Crippen LogP) is 1.43. The molecular weight excluding hydrogens is 212 g/mol. The lowest BCUT2D eigenvalue weighted by atomic mass is 10.2. The van der Waals surface area contributed by atoms with Crippen LogP contribution in [0.4, 0.5) is 0 Å². The molecule has 0 aromatic carbocycles. The molecule has 1 aromatic heterocycles. The van der Waals surface area contributed by atoms with Crippen molar-refractivity contribution in [3.05, 3.63) is 24.2 Å². The van der Waals surface area contributed by atoms with Gasteiger partial charge in [-0.2, -0.15) is 0 Å². The first-order valence-corrected chi connectivity index (χ1v) is 5.06. The van der Waals surface area contributed by atoms with E-state index in [9.17, 15) is 4.79 Å². The lowest BCUT2D eigenvalue weighted by molar-refractivity contribution is -0.177. The molecule has 16 heavy (non-hydrogen) atoms. The van der Waals surface area contributed by atoms with Gasteiger partial charge in [-0.1, -0.05) is 0 Å². The van der Waals surface area contributed by atoms with Crippen molar-refractivity contribution in [1.82, 2.24) is 0 Å². The summed E-state index contributed by atoms with van der Waals surface area (Å²) in [7, 11) is 1.35. The van der Waals surface area contributed by atoms with Crippen LogP contribution in [0.2, 0.25) is 0 Å². The van der Waals surface area contributed by atoms with Gasteiger partial charge in [0.15, 0.2) is 5.76 Å². The van der Waals surface area contributed by atoms with E-state index in [1.165, 1.54) is 7.11 Å². The van der Waals surface area contributed by atoms with Gasteiger partial charge in [0.1, 0.15) is 0 Å². The first kappa shape index (κ1) is 11.2. The van der Waals surface area contributed by atoms with Crippen LogP contribution in [0.25, 0.3) is 0 Å². The van der Waals surface area contributed by atoms with Crippen LogP contribution < -0.4 is 0 Å². The molecule has 2 rings (SSSR count). The Morgan fingerprint density at radius 1 is 1.69 bits per heavy atom. The standard InChI is InChI=1S/C11H14O5/c1-11(9-4-3-5-14-9)15-7-8(16-11)6-10(12)13-2/h3-5,8H,6-7H2,1-2H3. The van der Waals surface area contributed by atoms with Crippen molar-refractivity contribution < 1.29 is 23.4 Å². The third-order valence-electron chi connectivity index (χ3n) is 2.53. The molecule has 0 amide bonds. The molecule has 88 valence electrons. The fraction of sp³-hybridized carbons (Fsp3) is 0.545. The molecule has 5 heteroatoms. The third kappa shape index (κ3) is 2.10. The minimum absolute atomic E-state index is 0.187. The summed E-state index contributed by atoms with van der Waals surface area (Å²) in [6.45, 7) is 2.12. The number of ether oxygens (including phenoxy) is 3. The fourth-order valence-corrected chi connectivity index (χ4v) is 1.67. The van der Waals surface area contributed by atoms with Crippen molar-refractivity contribution in [2.45, 2.75) is 25.2 Å². The Hall–Kier alpha value is -1.33. The van der Waals surface area contributed by atoms with Crippen LogP contribution in [-0.2, 0) is 24.8 Å². The van der Waals surface area contributed by atoms with Gasteiger partial charge in [0, 0.05) is 0 Å². The van der Waals surface area contributed by atoms with Crippen LogP contribution in [0.5, 0.6) is 0 Å². The average Bonchev–Trinajstić information content (AvgIpc) is 2.88. The molecule has 0 spiro atoms. The molecule has 0 radical (unpaired) electrons. The maximum atomic E-state index is 11.1. The summed E-state index contributed by atoms with van der Waals surface area (Å²) >= 11 is 0. The van der Waals surface area contributed by atoms with Gasteiger partial charge in [-0.05, 0) is 19.1 Å². The molecule has 0 aliphatic carbocycles. The summed E-state index contributed by atoms with van der Waals surface area (Å²) in [4.78, 5) is 11.1. The third-order valence-corrected chi connectivity index (χ3v) is 2.53. The van der Waals surface area contributed by atoms with E-state index in [-0.39, 0.29) is 18.5 Å². The maximum absolute atomic E-state index is 11.1. The number of methoxy groups -OCH3 is 1. The van der Waals surface area contributed by atoms with Crippen molar-refractivity contribution in [1.29, 1.82) is 0 Å². The van der Waals surface area contributed by atoms with Gasteiger partial charge >= 0.3 is 5.97 Å². The number of carbonyl (C=O) groups excluding carboxylic acids is 1. The molecule has 2 heterocycles. The molecule has 2 unspecified atom stereocenters. The number of hydrogen-bond donors (Lipinski definition) is 0. The second-order valence-electron chi connectivity index (χ2n) is 3.75. The highest BCUT2D eigenvalue weighted by atomic mass is 16.8. The number of rotatable bonds is 3. The smallest absolute Gasteiger partial charge is 0.308 e. The predicted molar refractivity (Wildman–Crippen MR) is 53.5 cm³/mol. The zero-order valence-electron chi connectivity index (χ0n) is 9.26. The Kier molecular flexibility index (Phi) is 2.98. The summed E-state index contributed by atoms with van der Waals surface area (Å²) < 4.78 is 21.0. The van der Waals surface area contributed by atoms with Gasteiger partial charge in [-0.25, -0.2) is 0 Å². The van der Waals surface area contributed by atoms with Gasteiger partial charge in [0.25, 0.3) is 0 Å². The minimum Gasteiger partial charge on any atom is -0.469 e. The lowest BCUT2D eigenvalue weighted by Gasteiger charge is -2.20. The molecule has 1 aliphatic heterocycles. The minimum atomic E-state index is -0.901. The van der Waals surface area contributed by atoms with Gasteiger partial charge in [0.05, 0.1) is 32.5 Å². The van der Waals surface area contributed by atoms with E-state index in [0.29, 0.717) is 12.4 Å². The van der Waals surface area contributed by atoms with Gasteiger partial charge < -0.3 is 18.6 Å². The van der Waals surface area contributed by atoms with Crippen LogP contribution in [0.1, 0.15) is 19.1 Å². The second-order valence-corrected chi connectivity index (χ2v) is 3.75. The van der Waals surface area contributed by atoms with Crippen molar-refractivity contribution in [2.75, 3.05) is 13.7 Å². The molecule has 0 bridgehead atoms. The monoisotopic (exact) mass is 226 g/mol. The zero-order valence-corrected chi connectivity index (χ0v) is 9.26. The van der Waals surface area contributed by atoms with E-state index < -0.39 is 5.79 Å². The highest BCUT2D eigenvalue weighted by Crippen LogP contribution is 2.34. The van der Waals surface area contributed by atoms with Crippen molar-refractivity contribution in [2.24, 2.45) is 0 Å². The van der Waals surface area contributed by atoms with Crippen LogP contribution in [0, 0.1) is 0 Å². The normalized spacial score (nSPS) is 29.2. The van der Waals surface area contributed by atoms with E-state index in [2.05, 4.69) is 4.74 Å². The van der Waals surface area contributed by atoms with Crippen LogP contribution in [0.15, 0.2) is 22.8 Å². The number of carbonyl (C=O) groups is 1. The molecule has 1 saturated heterocycles. The first-order chi connectivity index (χ1) is 7.64. The Morgan fingerprint density at radius 3 is 3.12 bits per heavy atom. The quantitative estimate of drug-likeness (QED) is 0.730. The van der Waals surface area contributed by atoms with Gasteiger partial charge in [-0.15, -0.1) is 0 Å².